The van der Waals surface area contributed by atoms with E-state index in [1.807, 2.05) is 60.8 Å². The number of nitrogens with one attached hydrogen (secondary N) is 1. The van der Waals surface area contributed by atoms with E-state index in [4.69, 9.17) is 0 Å². The summed E-state index contributed by atoms with van der Waals surface area (Å²) in [6.45, 7) is 2.41. The van der Waals surface area contributed by atoms with Gasteiger partial charge in [0, 0.05) is 35.1 Å². The number of amides is 2. The minimum Gasteiger partial charge on any atom is -0.350 e. The molecular formula is C22H21N3O2S2. The highest BCUT2D eigenvalue weighted by Crippen LogP contribution is 2.43. The number of benzene rings is 1. The molecule has 0 spiro atoms. The maximum atomic E-state index is 13.4. The van der Waals surface area contributed by atoms with Gasteiger partial charge in [-0.05, 0) is 48.2 Å². The summed E-state index contributed by atoms with van der Waals surface area (Å²) in [4.78, 5) is 33.2. The summed E-state index contributed by atoms with van der Waals surface area (Å²) >= 11 is 3.25. The molecule has 2 aromatic heterocycles. The molecule has 1 aromatic carbocycles. The Hall–Kier alpha value is -2.64. The molecule has 2 amide bonds. The molecule has 3 heterocycles. The van der Waals surface area contributed by atoms with Crippen LogP contribution in [0.15, 0.2) is 66.3 Å². The summed E-state index contributed by atoms with van der Waals surface area (Å²) in [6, 6.07) is 14.7. The fraction of sp³-hybridized carbons (Fsp3) is 0.227. The van der Waals surface area contributed by atoms with Crippen LogP contribution in [0.1, 0.15) is 31.7 Å². The zero-order valence-electron chi connectivity index (χ0n) is 15.9. The number of nitrogens with zero attached hydrogens (tertiary/aromatic N) is 2. The Bertz CT molecular complexity index is 975. The van der Waals surface area contributed by atoms with Crippen molar-refractivity contribution >= 4 is 34.9 Å². The van der Waals surface area contributed by atoms with E-state index in [9.17, 15) is 9.59 Å². The van der Waals surface area contributed by atoms with Crippen molar-refractivity contribution in [3.8, 4) is 0 Å². The van der Waals surface area contributed by atoms with Crippen molar-refractivity contribution in [2.24, 2.45) is 0 Å². The smallest absolute Gasteiger partial charge is 0.255 e. The predicted molar refractivity (Wildman–Crippen MR) is 117 cm³/mol. The first-order valence-electron chi connectivity index (χ1n) is 9.34. The topological polar surface area (TPSA) is 62.3 Å². The minimum atomic E-state index is -0.511. The van der Waals surface area contributed by atoms with E-state index in [1.165, 1.54) is 0 Å². The number of hydrogen-bond acceptors (Lipinski definition) is 5. The van der Waals surface area contributed by atoms with Crippen molar-refractivity contribution in [2.75, 3.05) is 5.75 Å². The van der Waals surface area contributed by atoms with Crippen LogP contribution < -0.4 is 5.32 Å². The molecule has 2 unspecified atom stereocenters. The van der Waals surface area contributed by atoms with Crippen LogP contribution >= 0.6 is 23.1 Å². The molecule has 1 N–H and O–H groups in total. The zero-order valence-corrected chi connectivity index (χ0v) is 17.6. The van der Waals surface area contributed by atoms with Crippen molar-refractivity contribution in [3.05, 3.63) is 87.9 Å². The van der Waals surface area contributed by atoms with Gasteiger partial charge in [-0.25, -0.2) is 0 Å². The molecule has 7 heteroatoms. The Morgan fingerprint density at radius 3 is 2.59 bits per heavy atom. The molecular weight excluding hydrogens is 402 g/mol. The summed E-state index contributed by atoms with van der Waals surface area (Å²) < 4.78 is 0. The van der Waals surface area contributed by atoms with Gasteiger partial charge in [-0.3, -0.25) is 14.6 Å². The first kappa shape index (κ1) is 19.7. The number of pyridine rings is 1. The van der Waals surface area contributed by atoms with Gasteiger partial charge in [0.2, 0.25) is 5.91 Å². The fourth-order valence-corrected chi connectivity index (χ4v) is 5.66. The van der Waals surface area contributed by atoms with Crippen molar-refractivity contribution in [2.45, 2.75) is 24.9 Å². The molecule has 1 aliphatic rings. The second kappa shape index (κ2) is 8.80. The molecule has 1 aliphatic heterocycles. The van der Waals surface area contributed by atoms with Crippen LogP contribution in [0.2, 0.25) is 0 Å². The lowest BCUT2D eigenvalue weighted by atomic mass is 10.1. The van der Waals surface area contributed by atoms with E-state index < -0.39 is 6.04 Å². The van der Waals surface area contributed by atoms with Gasteiger partial charge in [0.05, 0.1) is 0 Å². The summed E-state index contributed by atoms with van der Waals surface area (Å²) in [5.74, 6) is 0.328. The molecule has 0 aliphatic carbocycles. The Kier molecular flexibility index (Phi) is 5.97. The van der Waals surface area contributed by atoms with Crippen LogP contribution in [-0.4, -0.2) is 33.5 Å². The monoisotopic (exact) mass is 423 g/mol. The molecule has 0 bridgehead atoms. The standard InChI is InChI=1S/C22H21N3O2S2/c1-15-4-6-17(7-5-15)21(27)25-18(14-29-22(25)19-3-2-12-28-19)20(26)24-13-16-8-10-23-11-9-16/h2-12,18,22H,13-14H2,1H3,(H,24,26). The Balaban J connectivity index is 1.57. The van der Waals surface area contributed by atoms with E-state index in [0.29, 0.717) is 17.9 Å². The number of thioether (sulfide) groups is 1. The number of carbonyl (C=O) groups is 2. The third kappa shape index (κ3) is 4.36. The molecule has 148 valence electrons. The number of aromatic nitrogens is 1. The van der Waals surface area contributed by atoms with Crippen LogP contribution in [0.25, 0.3) is 0 Å². The number of aryl methyl sites for hydroxylation is 1. The van der Waals surface area contributed by atoms with Crippen molar-refractivity contribution < 1.29 is 9.59 Å². The summed E-state index contributed by atoms with van der Waals surface area (Å²) in [6.07, 6.45) is 3.40. The first-order valence-corrected chi connectivity index (χ1v) is 11.3. The second-order valence-corrected chi connectivity index (χ2v) is 8.96. The highest BCUT2D eigenvalue weighted by molar-refractivity contribution is 7.99. The quantitative estimate of drug-likeness (QED) is 0.673. The van der Waals surface area contributed by atoms with Crippen LogP contribution in [0.4, 0.5) is 0 Å². The largest absolute Gasteiger partial charge is 0.350 e. The second-order valence-electron chi connectivity index (χ2n) is 6.87. The number of rotatable bonds is 5. The highest BCUT2D eigenvalue weighted by Gasteiger charge is 2.42. The third-order valence-corrected chi connectivity index (χ3v) is 7.22. The normalized spacial score (nSPS) is 18.6. The molecule has 0 saturated carbocycles. The van der Waals surface area contributed by atoms with Crippen molar-refractivity contribution in [3.63, 3.8) is 0 Å². The maximum absolute atomic E-state index is 13.4. The van der Waals surface area contributed by atoms with Gasteiger partial charge < -0.3 is 10.2 Å². The van der Waals surface area contributed by atoms with Crippen molar-refractivity contribution in [1.29, 1.82) is 0 Å². The predicted octanol–water partition coefficient (Wildman–Crippen LogP) is 4.02. The van der Waals surface area contributed by atoms with Gasteiger partial charge in [0.25, 0.3) is 5.91 Å². The molecule has 1 fully saturated rings. The molecule has 3 aromatic rings. The van der Waals surface area contributed by atoms with Gasteiger partial charge in [0.1, 0.15) is 11.4 Å². The van der Waals surface area contributed by atoms with Crippen LogP contribution in [0.3, 0.4) is 0 Å². The SMILES string of the molecule is Cc1ccc(C(=O)N2C(C(=O)NCc3ccncc3)CSC2c2cccs2)cc1. The third-order valence-electron chi connectivity index (χ3n) is 4.84. The van der Waals surface area contributed by atoms with E-state index in [2.05, 4.69) is 10.3 Å². The van der Waals surface area contributed by atoms with E-state index >= 15 is 0 Å². The Morgan fingerprint density at radius 2 is 1.90 bits per heavy atom. The lowest BCUT2D eigenvalue weighted by molar-refractivity contribution is -0.125. The lowest BCUT2D eigenvalue weighted by Gasteiger charge is -2.28. The van der Waals surface area contributed by atoms with Gasteiger partial charge in [-0.2, -0.15) is 0 Å². The Morgan fingerprint density at radius 1 is 1.14 bits per heavy atom. The van der Waals surface area contributed by atoms with Crippen LogP contribution in [-0.2, 0) is 11.3 Å². The average Bonchev–Trinajstić information content (AvgIpc) is 3.42. The summed E-state index contributed by atoms with van der Waals surface area (Å²) in [5, 5.41) is 4.83. The molecule has 0 radical (unpaired) electrons. The molecule has 5 nitrogen and oxygen atoms in total. The van der Waals surface area contributed by atoms with Crippen molar-refractivity contribution in [1.82, 2.24) is 15.2 Å². The van der Waals surface area contributed by atoms with Gasteiger partial charge in [-0.1, -0.05) is 23.8 Å². The summed E-state index contributed by atoms with van der Waals surface area (Å²) in [5.41, 5.74) is 2.68. The molecule has 2 atom stereocenters. The van der Waals surface area contributed by atoms with E-state index in [1.54, 1.807) is 40.4 Å². The summed E-state index contributed by atoms with van der Waals surface area (Å²) in [7, 11) is 0. The molecule has 4 rings (SSSR count). The van der Waals surface area contributed by atoms with Crippen LogP contribution in [0, 0.1) is 6.92 Å². The number of thiophene rings is 1. The fourth-order valence-electron chi connectivity index (χ4n) is 3.26. The lowest BCUT2D eigenvalue weighted by Crippen LogP contribution is -2.47. The molecule has 29 heavy (non-hydrogen) atoms. The van der Waals surface area contributed by atoms with E-state index in [-0.39, 0.29) is 17.2 Å². The van der Waals surface area contributed by atoms with E-state index in [0.717, 1.165) is 16.0 Å². The van der Waals surface area contributed by atoms with Gasteiger partial charge in [-0.15, -0.1) is 23.1 Å². The minimum absolute atomic E-state index is 0.113. The number of hydrogen-bond donors (Lipinski definition) is 1. The van der Waals surface area contributed by atoms with Gasteiger partial charge >= 0.3 is 0 Å². The zero-order chi connectivity index (χ0) is 20.2. The van der Waals surface area contributed by atoms with Gasteiger partial charge in [0.15, 0.2) is 0 Å². The first-order chi connectivity index (χ1) is 14.1. The average molecular weight is 424 g/mol. The maximum Gasteiger partial charge on any atom is 0.255 e. The Labute approximate surface area is 178 Å². The number of carbonyl (C=O) groups excluding carboxylic acids is 2. The van der Waals surface area contributed by atoms with Crippen LogP contribution in [0.5, 0.6) is 0 Å². The molecule has 1 saturated heterocycles. The highest BCUT2D eigenvalue weighted by atomic mass is 32.2.